The van der Waals surface area contributed by atoms with Crippen molar-refractivity contribution in [2.24, 2.45) is 0 Å². The summed E-state index contributed by atoms with van der Waals surface area (Å²) in [4.78, 5) is 14.4. The minimum Gasteiger partial charge on any atom is -0.494 e. The van der Waals surface area contributed by atoms with E-state index in [1.807, 2.05) is 31.2 Å². The smallest absolute Gasteiger partial charge is 0.246 e. The number of piperazine rings is 1. The van der Waals surface area contributed by atoms with Crippen LogP contribution in [0, 0.1) is 0 Å². The first-order chi connectivity index (χ1) is 15.0. The predicted molar refractivity (Wildman–Crippen MR) is 119 cm³/mol. The summed E-state index contributed by atoms with van der Waals surface area (Å²) in [5, 5.41) is 0. The molecular weight excluding hydrogens is 436 g/mol. The van der Waals surface area contributed by atoms with Gasteiger partial charge in [0.1, 0.15) is 21.7 Å². The number of benzene rings is 2. The molecule has 10 heteroatoms. The molecule has 0 N–H and O–H groups in total. The van der Waals surface area contributed by atoms with Gasteiger partial charge in [-0.25, -0.2) is 8.42 Å². The number of amides is 1. The number of rotatable bonds is 6. The maximum Gasteiger partial charge on any atom is 0.246 e. The summed E-state index contributed by atoms with van der Waals surface area (Å²) < 4.78 is 41.3. The highest BCUT2D eigenvalue weighted by atomic mass is 32.2. The van der Waals surface area contributed by atoms with Crippen molar-refractivity contribution >= 4 is 44.8 Å². The molecule has 2 aromatic carbocycles. The second kappa shape index (κ2) is 9.13. The minimum atomic E-state index is -3.70. The van der Waals surface area contributed by atoms with Gasteiger partial charge < -0.3 is 9.64 Å². The largest absolute Gasteiger partial charge is 0.494 e. The average molecular weight is 459 g/mol. The fourth-order valence-electron chi connectivity index (χ4n) is 3.39. The van der Waals surface area contributed by atoms with Gasteiger partial charge >= 0.3 is 0 Å². The first-order valence-electron chi connectivity index (χ1n) is 9.90. The molecule has 1 saturated heterocycles. The second-order valence-corrected chi connectivity index (χ2v) is 9.39. The van der Waals surface area contributed by atoms with E-state index in [9.17, 15) is 13.2 Å². The van der Waals surface area contributed by atoms with Crippen LogP contribution < -0.4 is 4.74 Å². The van der Waals surface area contributed by atoms with Gasteiger partial charge in [0.25, 0.3) is 0 Å². The summed E-state index contributed by atoms with van der Waals surface area (Å²) >= 11 is 0.990. The number of fused-ring (bicyclic) bond motifs is 1. The van der Waals surface area contributed by atoms with Crippen molar-refractivity contribution in [3.8, 4) is 5.75 Å². The summed E-state index contributed by atoms with van der Waals surface area (Å²) in [6, 6.07) is 12.4. The Hall–Kier alpha value is -2.82. The Labute approximate surface area is 185 Å². The van der Waals surface area contributed by atoms with Crippen LogP contribution in [0.4, 0.5) is 0 Å². The van der Waals surface area contributed by atoms with Gasteiger partial charge in [-0.1, -0.05) is 18.2 Å². The van der Waals surface area contributed by atoms with Crippen molar-refractivity contribution in [1.82, 2.24) is 18.0 Å². The van der Waals surface area contributed by atoms with E-state index < -0.39 is 10.0 Å². The number of carbonyl (C=O) groups is 1. The molecule has 0 spiro atoms. The molecule has 0 radical (unpaired) electrons. The number of carbonyl (C=O) groups excluding carboxylic acids is 1. The molecule has 0 aliphatic carbocycles. The molecule has 8 nitrogen and oxygen atoms in total. The average Bonchev–Trinajstić information content (AvgIpc) is 3.27. The lowest BCUT2D eigenvalue weighted by Gasteiger charge is -2.33. The van der Waals surface area contributed by atoms with Crippen molar-refractivity contribution in [3.05, 3.63) is 54.1 Å². The lowest BCUT2D eigenvalue weighted by Crippen LogP contribution is -2.50. The van der Waals surface area contributed by atoms with Crippen molar-refractivity contribution in [2.75, 3.05) is 32.8 Å². The zero-order valence-electron chi connectivity index (χ0n) is 17.0. The van der Waals surface area contributed by atoms with E-state index in [1.54, 1.807) is 29.2 Å². The fourth-order valence-corrected chi connectivity index (χ4v) is 5.57. The summed E-state index contributed by atoms with van der Waals surface area (Å²) in [5.41, 5.74) is 1.85. The van der Waals surface area contributed by atoms with Crippen LogP contribution in [-0.2, 0) is 14.8 Å². The normalized spacial score (nSPS) is 15.6. The van der Waals surface area contributed by atoms with Crippen LogP contribution in [0.3, 0.4) is 0 Å². The standard InChI is InChI=1S/C21H22N4O4S2/c1-2-29-17-9-6-16(7-10-17)8-11-20(26)24-12-14-25(15-13-24)31(27,28)19-5-3-4-18-21(19)23-30-22-18/h3-11H,2,12-15H2,1H3. The van der Waals surface area contributed by atoms with Gasteiger partial charge in [-0.3, -0.25) is 4.79 Å². The quantitative estimate of drug-likeness (QED) is 0.527. The van der Waals surface area contributed by atoms with Crippen LogP contribution in [-0.4, -0.2) is 65.1 Å². The molecule has 0 atom stereocenters. The highest BCUT2D eigenvalue weighted by Gasteiger charge is 2.31. The zero-order valence-corrected chi connectivity index (χ0v) is 18.6. The SMILES string of the molecule is CCOc1ccc(C=CC(=O)N2CCN(S(=O)(=O)c3cccc4nsnc34)CC2)cc1. The third-order valence-corrected chi connectivity index (χ3v) is 7.50. The van der Waals surface area contributed by atoms with Crippen LogP contribution in [0.15, 0.2) is 53.4 Å². The number of ether oxygens (including phenoxy) is 1. The predicted octanol–water partition coefficient (Wildman–Crippen LogP) is 2.64. The summed E-state index contributed by atoms with van der Waals surface area (Å²) in [7, 11) is -3.70. The van der Waals surface area contributed by atoms with Gasteiger partial charge in [0.15, 0.2) is 0 Å². The Balaban J connectivity index is 1.39. The molecule has 1 fully saturated rings. The number of hydrogen-bond acceptors (Lipinski definition) is 7. The van der Waals surface area contributed by atoms with Gasteiger partial charge in [0.05, 0.1) is 18.3 Å². The molecule has 31 heavy (non-hydrogen) atoms. The van der Waals surface area contributed by atoms with E-state index in [4.69, 9.17) is 4.74 Å². The second-order valence-electron chi connectivity index (χ2n) is 6.95. The Kier molecular flexibility index (Phi) is 6.30. The molecule has 1 aromatic heterocycles. The van der Waals surface area contributed by atoms with E-state index >= 15 is 0 Å². The third kappa shape index (κ3) is 4.60. The topological polar surface area (TPSA) is 92.7 Å². The number of nitrogens with zero attached hydrogens (tertiary/aromatic N) is 4. The summed E-state index contributed by atoms with van der Waals surface area (Å²) in [6.07, 6.45) is 3.26. The fraction of sp³-hybridized carbons (Fsp3) is 0.286. The maximum atomic E-state index is 13.1. The molecule has 4 rings (SSSR count). The first-order valence-corrected chi connectivity index (χ1v) is 12.1. The Morgan fingerprint density at radius 3 is 2.55 bits per heavy atom. The Morgan fingerprint density at radius 1 is 1.10 bits per heavy atom. The summed E-state index contributed by atoms with van der Waals surface area (Å²) in [5.74, 6) is 0.643. The molecule has 1 aliphatic rings. The summed E-state index contributed by atoms with van der Waals surface area (Å²) in [6.45, 7) is 3.66. The number of aromatic nitrogens is 2. The maximum absolute atomic E-state index is 13.1. The van der Waals surface area contributed by atoms with Gasteiger partial charge in [-0.05, 0) is 42.8 Å². The minimum absolute atomic E-state index is 0.142. The van der Waals surface area contributed by atoms with Crippen LogP contribution in [0.1, 0.15) is 12.5 Å². The van der Waals surface area contributed by atoms with Gasteiger partial charge in [-0.2, -0.15) is 13.1 Å². The molecule has 2 heterocycles. The molecule has 162 valence electrons. The first kappa shape index (κ1) is 21.4. The zero-order chi connectivity index (χ0) is 21.8. The molecule has 0 saturated carbocycles. The van der Waals surface area contributed by atoms with E-state index in [2.05, 4.69) is 8.75 Å². The Morgan fingerprint density at radius 2 is 1.84 bits per heavy atom. The molecule has 3 aromatic rings. The van der Waals surface area contributed by atoms with E-state index in [-0.39, 0.29) is 23.9 Å². The van der Waals surface area contributed by atoms with Gasteiger partial charge in [-0.15, -0.1) is 0 Å². The number of hydrogen-bond donors (Lipinski definition) is 0. The highest BCUT2D eigenvalue weighted by Crippen LogP contribution is 2.25. The van der Waals surface area contributed by atoms with Crippen molar-refractivity contribution in [2.45, 2.75) is 11.8 Å². The molecule has 0 unspecified atom stereocenters. The molecule has 1 aliphatic heterocycles. The molecule has 0 bridgehead atoms. The molecular formula is C21H22N4O4S2. The van der Waals surface area contributed by atoms with E-state index in [0.717, 1.165) is 23.0 Å². The lowest BCUT2D eigenvalue weighted by atomic mass is 10.2. The van der Waals surface area contributed by atoms with Gasteiger partial charge in [0, 0.05) is 32.3 Å². The van der Waals surface area contributed by atoms with Crippen molar-refractivity contribution < 1.29 is 17.9 Å². The van der Waals surface area contributed by atoms with E-state index in [1.165, 1.54) is 10.4 Å². The van der Waals surface area contributed by atoms with Crippen LogP contribution >= 0.6 is 11.7 Å². The van der Waals surface area contributed by atoms with Crippen LogP contribution in [0.25, 0.3) is 17.1 Å². The van der Waals surface area contributed by atoms with E-state index in [0.29, 0.717) is 30.7 Å². The lowest BCUT2D eigenvalue weighted by molar-refractivity contribution is -0.127. The number of sulfonamides is 1. The molecule has 1 amide bonds. The van der Waals surface area contributed by atoms with Crippen molar-refractivity contribution in [1.29, 1.82) is 0 Å². The highest BCUT2D eigenvalue weighted by molar-refractivity contribution is 7.89. The third-order valence-electron chi connectivity index (χ3n) is 5.03. The monoisotopic (exact) mass is 458 g/mol. The Bertz CT molecular complexity index is 1200. The van der Waals surface area contributed by atoms with Crippen molar-refractivity contribution in [3.63, 3.8) is 0 Å². The van der Waals surface area contributed by atoms with Gasteiger partial charge in [0.2, 0.25) is 15.9 Å². The van der Waals surface area contributed by atoms with Crippen LogP contribution in [0.5, 0.6) is 5.75 Å². The van der Waals surface area contributed by atoms with Crippen LogP contribution in [0.2, 0.25) is 0 Å².